The molecule has 0 aliphatic rings. The molecule has 2 N–H and O–H groups in total. The first-order valence-corrected chi connectivity index (χ1v) is 8.78. The Morgan fingerprint density at radius 2 is 1.88 bits per heavy atom. The van der Waals surface area contributed by atoms with Gasteiger partial charge in [-0.1, -0.05) is 32.0 Å². The van der Waals surface area contributed by atoms with Gasteiger partial charge in [-0.25, -0.2) is 0 Å². The molecule has 0 atom stereocenters. The zero-order chi connectivity index (χ0) is 17.8. The minimum Gasteiger partial charge on any atom is -0.494 e. The third-order valence-corrected chi connectivity index (χ3v) is 3.38. The van der Waals surface area contributed by atoms with Crippen LogP contribution in [0.3, 0.4) is 0 Å². The number of aliphatic imine (C=N–C) groups is 1. The van der Waals surface area contributed by atoms with Crippen molar-refractivity contribution in [3.63, 3.8) is 0 Å². The van der Waals surface area contributed by atoms with E-state index in [-0.39, 0.29) is 5.41 Å². The van der Waals surface area contributed by atoms with Gasteiger partial charge < -0.3 is 20.3 Å². The van der Waals surface area contributed by atoms with Crippen molar-refractivity contribution in [1.29, 1.82) is 0 Å². The molecule has 0 bridgehead atoms. The van der Waals surface area contributed by atoms with Crippen molar-refractivity contribution in [2.24, 2.45) is 10.4 Å². The largest absolute Gasteiger partial charge is 0.494 e. The minimum absolute atomic E-state index is 0.155. The van der Waals surface area contributed by atoms with Crippen molar-refractivity contribution in [2.75, 3.05) is 46.9 Å². The lowest BCUT2D eigenvalue weighted by Gasteiger charge is -2.26. The summed E-state index contributed by atoms with van der Waals surface area (Å²) in [5, 5.41) is 6.68. The number of rotatable bonds is 10. The van der Waals surface area contributed by atoms with Crippen LogP contribution in [0.5, 0.6) is 5.75 Å². The first-order chi connectivity index (χ1) is 11.4. The first-order valence-electron chi connectivity index (χ1n) is 8.78. The van der Waals surface area contributed by atoms with E-state index in [1.54, 1.807) is 0 Å². The molecule has 0 unspecified atom stereocenters. The van der Waals surface area contributed by atoms with Crippen LogP contribution >= 0.6 is 0 Å². The van der Waals surface area contributed by atoms with Crippen molar-refractivity contribution in [1.82, 2.24) is 15.5 Å². The maximum Gasteiger partial charge on any atom is 0.191 e. The molecule has 0 spiro atoms. The lowest BCUT2D eigenvalue weighted by atomic mass is 9.93. The Hall–Kier alpha value is -1.75. The van der Waals surface area contributed by atoms with E-state index in [0.29, 0.717) is 6.61 Å². The standard InChI is InChI=1S/C19H34N4O/c1-6-20-18(22-15-19(2,3)16-23(4)5)21-13-10-14-24-17-11-8-7-9-12-17/h7-9,11-12H,6,10,13-16H2,1-5H3,(H2,20,21,22). The van der Waals surface area contributed by atoms with Crippen LogP contribution in [0.2, 0.25) is 0 Å². The fourth-order valence-electron chi connectivity index (χ4n) is 2.53. The molecule has 0 saturated heterocycles. The Labute approximate surface area is 147 Å². The molecule has 0 fully saturated rings. The van der Waals surface area contributed by atoms with Crippen LogP contribution < -0.4 is 15.4 Å². The van der Waals surface area contributed by atoms with E-state index < -0.39 is 0 Å². The number of ether oxygens (including phenoxy) is 1. The molecule has 5 heteroatoms. The first kappa shape index (κ1) is 20.3. The van der Waals surface area contributed by atoms with Crippen LogP contribution in [-0.4, -0.2) is 57.7 Å². The van der Waals surface area contributed by atoms with E-state index >= 15 is 0 Å². The zero-order valence-electron chi connectivity index (χ0n) is 15.9. The fourth-order valence-corrected chi connectivity index (χ4v) is 2.53. The number of nitrogens with zero attached hydrogens (tertiary/aromatic N) is 2. The van der Waals surface area contributed by atoms with E-state index in [4.69, 9.17) is 9.73 Å². The normalized spacial score (nSPS) is 12.3. The van der Waals surface area contributed by atoms with E-state index in [1.165, 1.54) is 0 Å². The Bertz CT molecular complexity index is 472. The average Bonchev–Trinajstić information content (AvgIpc) is 2.52. The predicted octanol–water partition coefficient (Wildman–Crippen LogP) is 2.60. The zero-order valence-corrected chi connectivity index (χ0v) is 15.9. The number of para-hydroxylation sites is 1. The highest BCUT2D eigenvalue weighted by Gasteiger charge is 2.18. The van der Waals surface area contributed by atoms with Gasteiger partial charge in [0, 0.05) is 26.2 Å². The second kappa shape index (κ2) is 10.9. The molecule has 0 saturated carbocycles. The van der Waals surface area contributed by atoms with Gasteiger partial charge in [0.05, 0.1) is 6.61 Å². The summed E-state index contributed by atoms with van der Waals surface area (Å²) in [4.78, 5) is 6.93. The molecule has 0 radical (unpaired) electrons. The second-order valence-corrected chi connectivity index (χ2v) is 7.04. The molecule has 0 amide bonds. The van der Waals surface area contributed by atoms with Gasteiger partial charge in [0.1, 0.15) is 5.75 Å². The van der Waals surface area contributed by atoms with E-state index in [9.17, 15) is 0 Å². The predicted molar refractivity (Wildman–Crippen MR) is 103 cm³/mol. The van der Waals surface area contributed by atoms with Gasteiger partial charge in [0.25, 0.3) is 0 Å². The molecule has 0 aromatic heterocycles. The quantitative estimate of drug-likeness (QED) is 0.392. The van der Waals surface area contributed by atoms with E-state index in [1.807, 2.05) is 30.3 Å². The average molecular weight is 335 g/mol. The van der Waals surface area contributed by atoms with Gasteiger partial charge in [0.2, 0.25) is 0 Å². The smallest absolute Gasteiger partial charge is 0.191 e. The second-order valence-electron chi connectivity index (χ2n) is 7.04. The SMILES string of the molecule is CCNC(=NCC(C)(C)CN(C)C)NCCCOc1ccccc1. The number of hydrogen-bond acceptors (Lipinski definition) is 3. The third kappa shape index (κ3) is 9.40. The third-order valence-electron chi connectivity index (χ3n) is 3.38. The number of hydrogen-bond donors (Lipinski definition) is 2. The van der Waals surface area contributed by atoms with Gasteiger partial charge in [-0.15, -0.1) is 0 Å². The summed E-state index contributed by atoms with van der Waals surface area (Å²) in [5.41, 5.74) is 0.155. The van der Waals surface area contributed by atoms with Crippen molar-refractivity contribution < 1.29 is 4.74 Å². The highest BCUT2D eigenvalue weighted by molar-refractivity contribution is 5.79. The molecule has 0 heterocycles. The molecule has 1 aromatic carbocycles. The molecule has 1 aromatic rings. The lowest BCUT2D eigenvalue weighted by Crippen LogP contribution is -2.39. The molecular formula is C19H34N4O. The van der Waals surface area contributed by atoms with Gasteiger partial charge in [0.15, 0.2) is 5.96 Å². The summed E-state index contributed by atoms with van der Waals surface area (Å²) in [6.45, 7) is 10.8. The van der Waals surface area contributed by atoms with Gasteiger partial charge >= 0.3 is 0 Å². The number of guanidine groups is 1. The summed E-state index contributed by atoms with van der Waals surface area (Å²) in [7, 11) is 4.20. The Morgan fingerprint density at radius 3 is 2.50 bits per heavy atom. The molecule has 0 aliphatic heterocycles. The minimum atomic E-state index is 0.155. The molecule has 1 rings (SSSR count). The maximum atomic E-state index is 5.70. The summed E-state index contributed by atoms with van der Waals surface area (Å²) in [6, 6.07) is 9.92. The van der Waals surface area contributed by atoms with E-state index in [0.717, 1.165) is 44.3 Å². The summed E-state index contributed by atoms with van der Waals surface area (Å²) in [6.07, 6.45) is 0.931. The Kier molecular flexibility index (Phi) is 9.23. The van der Waals surface area contributed by atoms with Gasteiger partial charge in [-0.2, -0.15) is 0 Å². The van der Waals surface area contributed by atoms with Crippen LogP contribution in [0.15, 0.2) is 35.3 Å². The van der Waals surface area contributed by atoms with Crippen LogP contribution in [-0.2, 0) is 0 Å². The fraction of sp³-hybridized carbons (Fsp3) is 0.632. The molecule has 0 aliphatic carbocycles. The van der Waals surface area contributed by atoms with Crippen LogP contribution in [0.25, 0.3) is 0 Å². The summed E-state index contributed by atoms with van der Waals surface area (Å²) < 4.78 is 5.70. The van der Waals surface area contributed by atoms with Gasteiger partial charge in [-0.3, -0.25) is 4.99 Å². The topological polar surface area (TPSA) is 48.9 Å². The molecule has 136 valence electrons. The van der Waals surface area contributed by atoms with Crippen LogP contribution in [0, 0.1) is 5.41 Å². The number of benzene rings is 1. The maximum absolute atomic E-state index is 5.70. The monoisotopic (exact) mass is 334 g/mol. The van der Waals surface area contributed by atoms with Crippen molar-refractivity contribution in [2.45, 2.75) is 27.2 Å². The van der Waals surface area contributed by atoms with Crippen LogP contribution in [0.4, 0.5) is 0 Å². The van der Waals surface area contributed by atoms with Crippen molar-refractivity contribution in [3.8, 4) is 5.75 Å². The number of nitrogens with one attached hydrogen (secondary N) is 2. The van der Waals surface area contributed by atoms with Crippen molar-refractivity contribution in [3.05, 3.63) is 30.3 Å². The highest BCUT2D eigenvalue weighted by Crippen LogP contribution is 2.16. The summed E-state index contributed by atoms with van der Waals surface area (Å²) in [5.74, 6) is 1.80. The summed E-state index contributed by atoms with van der Waals surface area (Å²) >= 11 is 0. The Morgan fingerprint density at radius 1 is 1.17 bits per heavy atom. The Balaban J connectivity index is 2.33. The van der Waals surface area contributed by atoms with E-state index in [2.05, 4.69) is 50.4 Å². The molecular weight excluding hydrogens is 300 g/mol. The van der Waals surface area contributed by atoms with Gasteiger partial charge in [-0.05, 0) is 45.0 Å². The van der Waals surface area contributed by atoms with Crippen LogP contribution in [0.1, 0.15) is 27.2 Å². The molecule has 5 nitrogen and oxygen atoms in total. The lowest BCUT2D eigenvalue weighted by molar-refractivity contribution is 0.248. The molecule has 24 heavy (non-hydrogen) atoms. The van der Waals surface area contributed by atoms with Crippen molar-refractivity contribution >= 4 is 5.96 Å². The highest BCUT2D eigenvalue weighted by atomic mass is 16.5.